The van der Waals surface area contributed by atoms with Crippen molar-refractivity contribution < 1.29 is 9.72 Å². The largest absolute Gasteiger partial charge is 0.371 e. The molecule has 9 heteroatoms. The molecule has 130 valence electrons. The topological polar surface area (TPSA) is 84.3 Å². The number of benzene rings is 2. The van der Waals surface area contributed by atoms with Crippen LogP contribution in [0, 0.1) is 10.1 Å². The fourth-order valence-corrected chi connectivity index (χ4v) is 3.50. The first-order chi connectivity index (χ1) is 11.9. The predicted octanol–water partition coefficient (Wildman–Crippen LogP) is 4.22. The number of nitro groups is 1. The molecule has 1 amide bonds. The molecule has 0 unspecified atom stereocenters. The van der Waals surface area contributed by atoms with E-state index in [2.05, 4.69) is 42.5 Å². The van der Waals surface area contributed by atoms with Gasteiger partial charge >= 0.3 is 0 Å². The van der Waals surface area contributed by atoms with Gasteiger partial charge in [-0.1, -0.05) is 58.5 Å². The second-order valence-electron chi connectivity index (χ2n) is 4.98. The molecule has 0 fully saturated rings. The van der Waals surface area contributed by atoms with Gasteiger partial charge in [0.2, 0.25) is 0 Å². The Morgan fingerprint density at radius 3 is 2.52 bits per heavy atom. The van der Waals surface area contributed by atoms with Crippen LogP contribution in [0.3, 0.4) is 0 Å². The Balaban J connectivity index is 1.99. The Labute approximate surface area is 166 Å². The van der Waals surface area contributed by atoms with Gasteiger partial charge in [-0.3, -0.25) is 14.9 Å². The van der Waals surface area contributed by atoms with Crippen LogP contribution >= 0.6 is 44.1 Å². The summed E-state index contributed by atoms with van der Waals surface area (Å²) in [4.78, 5) is 22.8. The van der Waals surface area contributed by atoms with Crippen LogP contribution in [0.2, 0.25) is 0 Å². The highest BCUT2D eigenvalue weighted by molar-refractivity contribution is 9.11. The highest BCUT2D eigenvalue weighted by Gasteiger charge is 2.21. The maximum Gasteiger partial charge on any atom is 0.295 e. The van der Waals surface area contributed by atoms with Crippen molar-refractivity contribution in [1.82, 2.24) is 5.32 Å². The molecule has 0 spiro atoms. The lowest BCUT2D eigenvalue weighted by atomic mass is 10.1. The van der Waals surface area contributed by atoms with E-state index in [-0.39, 0.29) is 16.4 Å². The zero-order valence-corrected chi connectivity index (χ0v) is 16.8. The van der Waals surface area contributed by atoms with Gasteiger partial charge in [-0.25, -0.2) is 0 Å². The smallest absolute Gasteiger partial charge is 0.295 e. The normalized spacial score (nSPS) is 10.2. The number of anilines is 1. The molecule has 0 aliphatic rings. The number of thiocarbonyl (C=S) groups is 1. The van der Waals surface area contributed by atoms with Gasteiger partial charge in [0.15, 0.2) is 4.99 Å². The lowest BCUT2D eigenvalue weighted by molar-refractivity contribution is -0.384. The highest BCUT2D eigenvalue weighted by Crippen LogP contribution is 2.35. The molecule has 25 heavy (non-hydrogen) atoms. The van der Waals surface area contributed by atoms with Crippen molar-refractivity contribution in [3.63, 3.8) is 0 Å². The van der Waals surface area contributed by atoms with Crippen LogP contribution in [0.1, 0.15) is 5.56 Å². The molecule has 6 nitrogen and oxygen atoms in total. The summed E-state index contributed by atoms with van der Waals surface area (Å²) in [6.07, 6.45) is 0.705. The van der Waals surface area contributed by atoms with Gasteiger partial charge in [-0.05, 0) is 34.0 Å². The third-order valence-electron chi connectivity index (χ3n) is 3.22. The second-order valence-corrected chi connectivity index (χ2v) is 7.16. The SMILES string of the molecule is O=C(Nc1c(Br)cc(Br)cc1[N+](=O)[O-])C(=S)NCCc1ccccc1. The zero-order valence-electron chi connectivity index (χ0n) is 12.8. The van der Waals surface area contributed by atoms with Crippen molar-refractivity contribution in [3.05, 3.63) is 67.1 Å². The molecule has 2 N–H and O–H groups in total. The lowest BCUT2D eigenvalue weighted by Gasteiger charge is -2.11. The van der Waals surface area contributed by atoms with Gasteiger partial charge in [0.25, 0.3) is 11.6 Å². The van der Waals surface area contributed by atoms with Crippen LogP contribution < -0.4 is 10.6 Å². The third kappa shape index (κ3) is 5.58. The molecule has 2 rings (SSSR count). The van der Waals surface area contributed by atoms with Crippen molar-refractivity contribution in [2.75, 3.05) is 11.9 Å². The summed E-state index contributed by atoms with van der Waals surface area (Å²) in [5.74, 6) is -0.603. The molecule has 0 radical (unpaired) electrons. The van der Waals surface area contributed by atoms with E-state index in [1.807, 2.05) is 30.3 Å². The summed E-state index contributed by atoms with van der Waals surface area (Å²) < 4.78 is 0.904. The minimum absolute atomic E-state index is 0.0277. The molecule has 0 atom stereocenters. The van der Waals surface area contributed by atoms with Gasteiger partial charge in [0.1, 0.15) is 5.69 Å². The molecular weight excluding hydrogens is 474 g/mol. The number of nitrogens with one attached hydrogen (secondary N) is 2. The number of rotatable bonds is 5. The number of nitro benzene ring substituents is 1. The van der Waals surface area contributed by atoms with E-state index in [1.54, 1.807) is 6.07 Å². The Morgan fingerprint density at radius 2 is 1.88 bits per heavy atom. The monoisotopic (exact) mass is 485 g/mol. The van der Waals surface area contributed by atoms with Crippen molar-refractivity contribution in [2.45, 2.75) is 6.42 Å². The first-order valence-corrected chi connectivity index (χ1v) is 9.14. The molecule has 2 aromatic carbocycles. The van der Waals surface area contributed by atoms with Crippen LogP contribution in [0.5, 0.6) is 0 Å². The van der Waals surface area contributed by atoms with E-state index >= 15 is 0 Å². The highest BCUT2D eigenvalue weighted by atomic mass is 79.9. The molecule has 0 aliphatic carbocycles. The standard InChI is InChI=1S/C16H13Br2N3O3S/c17-11-8-12(18)14(13(9-11)21(23)24)20-15(22)16(25)19-7-6-10-4-2-1-3-5-10/h1-5,8-9H,6-7H2,(H,19,25)(H,20,22). The van der Waals surface area contributed by atoms with Crippen molar-refractivity contribution in [3.8, 4) is 0 Å². The molecular formula is C16H13Br2N3O3S. The molecule has 0 saturated heterocycles. The summed E-state index contributed by atoms with van der Waals surface area (Å²) in [5.41, 5.74) is 0.941. The van der Waals surface area contributed by atoms with Crippen LogP contribution in [0.4, 0.5) is 11.4 Å². The van der Waals surface area contributed by atoms with E-state index in [0.717, 1.165) is 5.56 Å². The summed E-state index contributed by atoms with van der Waals surface area (Å²) in [5, 5.41) is 16.5. The Hall–Kier alpha value is -1.84. The van der Waals surface area contributed by atoms with Crippen LogP contribution in [-0.4, -0.2) is 22.4 Å². The fourth-order valence-electron chi connectivity index (χ4n) is 2.04. The fraction of sp³-hybridized carbons (Fsp3) is 0.125. The average molecular weight is 487 g/mol. The zero-order chi connectivity index (χ0) is 18.4. The number of amides is 1. The predicted molar refractivity (Wildman–Crippen MR) is 108 cm³/mol. The van der Waals surface area contributed by atoms with Gasteiger partial charge in [0, 0.05) is 21.6 Å². The van der Waals surface area contributed by atoms with E-state index in [1.165, 1.54) is 6.07 Å². The van der Waals surface area contributed by atoms with Gasteiger partial charge in [-0.2, -0.15) is 0 Å². The Morgan fingerprint density at radius 1 is 1.20 bits per heavy atom. The van der Waals surface area contributed by atoms with Gasteiger partial charge in [-0.15, -0.1) is 0 Å². The maximum atomic E-state index is 12.2. The van der Waals surface area contributed by atoms with Crippen molar-refractivity contribution >= 4 is 66.3 Å². The summed E-state index contributed by atoms with van der Waals surface area (Å²) in [7, 11) is 0. The number of halogens is 2. The minimum atomic E-state index is -0.603. The maximum absolute atomic E-state index is 12.2. The van der Waals surface area contributed by atoms with Crippen molar-refractivity contribution in [1.29, 1.82) is 0 Å². The molecule has 0 aliphatic heterocycles. The number of carbonyl (C=O) groups excluding carboxylic acids is 1. The summed E-state index contributed by atoms with van der Waals surface area (Å²) in [6.45, 7) is 0.486. The van der Waals surface area contributed by atoms with Crippen LogP contribution in [-0.2, 0) is 11.2 Å². The minimum Gasteiger partial charge on any atom is -0.371 e. The molecule has 0 aromatic heterocycles. The Kier molecular flexibility index (Phi) is 7.03. The van der Waals surface area contributed by atoms with Crippen LogP contribution in [0.15, 0.2) is 51.4 Å². The van der Waals surface area contributed by atoms with E-state index < -0.39 is 10.8 Å². The van der Waals surface area contributed by atoms with Gasteiger partial charge in [0.05, 0.1) is 4.92 Å². The van der Waals surface area contributed by atoms with Crippen LogP contribution in [0.25, 0.3) is 0 Å². The number of carbonyl (C=O) groups is 1. The summed E-state index contributed by atoms with van der Waals surface area (Å²) >= 11 is 11.4. The molecule has 2 aromatic rings. The number of hydrogen-bond acceptors (Lipinski definition) is 4. The summed E-state index contributed by atoms with van der Waals surface area (Å²) in [6, 6.07) is 12.7. The van der Waals surface area contributed by atoms with Crippen molar-refractivity contribution in [2.24, 2.45) is 0 Å². The Bertz CT molecular complexity index is 816. The van der Waals surface area contributed by atoms with E-state index in [4.69, 9.17) is 12.2 Å². The lowest BCUT2D eigenvalue weighted by Crippen LogP contribution is -2.35. The second kappa shape index (κ2) is 9.02. The third-order valence-corrected chi connectivity index (χ3v) is 4.63. The molecule has 0 bridgehead atoms. The van der Waals surface area contributed by atoms with Gasteiger partial charge < -0.3 is 10.6 Å². The number of hydrogen-bond donors (Lipinski definition) is 2. The van der Waals surface area contributed by atoms with E-state index in [0.29, 0.717) is 21.9 Å². The molecule has 0 saturated carbocycles. The first-order valence-electron chi connectivity index (χ1n) is 7.15. The average Bonchev–Trinajstić information content (AvgIpc) is 2.57. The first kappa shape index (κ1) is 19.5. The van der Waals surface area contributed by atoms with E-state index in [9.17, 15) is 14.9 Å². The molecule has 0 heterocycles. The number of nitrogens with zero attached hydrogens (tertiary/aromatic N) is 1. The quantitative estimate of drug-likeness (QED) is 0.375.